The van der Waals surface area contributed by atoms with Crippen molar-refractivity contribution in [2.24, 2.45) is 0 Å². The highest BCUT2D eigenvalue weighted by atomic mass is 32.1. The van der Waals surface area contributed by atoms with E-state index in [9.17, 15) is 4.79 Å². The fourth-order valence-corrected chi connectivity index (χ4v) is 1.28. The lowest BCUT2D eigenvalue weighted by molar-refractivity contribution is 0.111. The van der Waals surface area contributed by atoms with Crippen LogP contribution in [0.4, 0.5) is 0 Å². The number of carbonyl (C=O) groups excluding carboxylic acids is 1. The first-order chi connectivity index (χ1) is 6.33. The molecule has 0 bridgehead atoms. The Morgan fingerprint density at radius 3 is 3.15 bits per heavy atom. The monoisotopic (exact) mass is 195 g/mol. The average Bonchev–Trinajstić information content (AvgIpc) is 2.72. The number of rotatable bonds is 2. The molecular weight excluding hydrogens is 190 g/mol. The Morgan fingerprint density at radius 2 is 2.54 bits per heavy atom. The van der Waals surface area contributed by atoms with Gasteiger partial charge in [0.1, 0.15) is 12.0 Å². The highest BCUT2D eigenvalue weighted by molar-refractivity contribution is 7.71. The topological polar surface area (TPSA) is 63.8 Å². The molecule has 0 saturated heterocycles. The van der Waals surface area contributed by atoms with Crippen LogP contribution < -0.4 is 0 Å². The average molecular weight is 195 g/mol. The molecule has 13 heavy (non-hydrogen) atoms. The van der Waals surface area contributed by atoms with E-state index in [1.165, 1.54) is 17.0 Å². The molecule has 0 spiro atoms. The van der Waals surface area contributed by atoms with Crippen LogP contribution in [0.1, 0.15) is 10.5 Å². The molecule has 5 nitrogen and oxygen atoms in total. The molecule has 2 rings (SSSR count). The molecule has 66 valence electrons. The Hall–Kier alpha value is -1.69. The van der Waals surface area contributed by atoms with Crippen LogP contribution in [-0.4, -0.2) is 21.0 Å². The van der Waals surface area contributed by atoms with Crippen molar-refractivity contribution < 1.29 is 9.32 Å². The van der Waals surface area contributed by atoms with Gasteiger partial charge in [0.05, 0.1) is 0 Å². The molecule has 2 aromatic rings. The minimum Gasteiger partial charge on any atom is -0.363 e. The van der Waals surface area contributed by atoms with Crippen molar-refractivity contribution in [3.8, 4) is 5.82 Å². The van der Waals surface area contributed by atoms with E-state index in [0.29, 0.717) is 22.6 Å². The number of aromatic amines is 1. The normalized spacial score (nSPS) is 10.2. The van der Waals surface area contributed by atoms with E-state index in [1.807, 2.05) is 0 Å². The number of aldehydes is 1. The van der Waals surface area contributed by atoms with Gasteiger partial charge >= 0.3 is 0 Å². The Balaban J connectivity index is 2.69. The van der Waals surface area contributed by atoms with Crippen molar-refractivity contribution in [2.75, 3.05) is 0 Å². The van der Waals surface area contributed by atoms with Gasteiger partial charge in [-0.2, -0.15) is 0 Å². The molecule has 0 amide bonds. The Morgan fingerprint density at radius 1 is 1.69 bits per heavy atom. The molecule has 0 atom stereocenters. The Labute approximate surface area is 78.0 Å². The van der Waals surface area contributed by atoms with E-state index in [0.717, 1.165) is 0 Å². The summed E-state index contributed by atoms with van der Waals surface area (Å²) in [5.41, 5.74) is 0.416. The first-order valence-electron chi connectivity index (χ1n) is 3.49. The lowest BCUT2D eigenvalue weighted by atomic mass is 10.5. The number of carbonyl (C=O) groups is 1. The van der Waals surface area contributed by atoms with Gasteiger partial charge in [-0.3, -0.25) is 9.36 Å². The maximum atomic E-state index is 10.6. The van der Waals surface area contributed by atoms with Crippen LogP contribution in [-0.2, 0) is 0 Å². The number of nitrogens with one attached hydrogen (secondary N) is 1. The molecule has 2 heterocycles. The molecule has 0 aliphatic carbocycles. The summed E-state index contributed by atoms with van der Waals surface area (Å²) in [6.07, 6.45) is 3.63. The van der Waals surface area contributed by atoms with Gasteiger partial charge < -0.3 is 9.51 Å². The minimum absolute atomic E-state index is 0.413. The summed E-state index contributed by atoms with van der Waals surface area (Å²) < 4.78 is 6.55. The summed E-state index contributed by atoms with van der Waals surface area (Å²) in [6, 6.07) is 1.62. The zero-order valence-electron chi connectivity index (χ0n) is 6.43. The van der Waals surface area contributed by atoms with Crippen molar-refractivity contribution >= 4 is 18.5 Å². The second-order valence-corrected chi connectivity index (χ2v) is 2.72. The van der Waals surface area contributed by atoms with Crippen LogP contribution in [0.2, 0.25) is 0 Å². The van der Waals surface area contributed by atoms with E-state index in [1.54, 1.807) is 6.07 Å². The van der Waals surface area contributed by atoms with E-state index in [-0.39, 0.29) is 0 Å². The molecule has 0 unspecified atom stereocenters. The van der Waals surface area contributed by atoms with Crippen LogP contribution in [0, 0.1) is 4.77 Å². The van der Waals surface area contributed by atoms with Gasteiger partial charge in [0.2, 0.25) is 0 Å². The minimum atomic E-state index is 0.413. The molecular formula is C7H5N3O2S. The molecule has 0 aliphatic rings. The highest BCUT2D eigenvalue weighted by Gasteiger charge is 2.06. The number of hydrogen-bond donors (Lipinski definition) is 1. The van der Waals surface area contributed by atoms with Crippen molar-refractivity contribution in [3.05, 3.63) is 29.0 Å². The second-order valence-electron chi connectivity index (χ2n) is 2.33. The van der Waals surface area contributed by atoms with Gasteiger partial charge in [-0.15, -0.1) is 0 Å². The first-order valence-corrected chi connectivity index (χ1v) is 3.90. The van der Waals surface area contributed by atoms with Gasteiger partial charge in [0.15, 0.2) is 16.9 Å². The molecule has 1 N–H and O–H groups in total. The molecule has 0 fully saturated rings. The number of H-pyrrole nitrogens is 1. The largest absolute Gasteiger partial charge is 0.363 e. The lowest BCUT2D eigenvalue weighted by Gasteiger charge is -1.95. The molecule has 0 aromatic carbocycles. The quantitative estimate of drug-likeness (QED) is 0.580. The van der Waals surface area contributed by atoms with E-state index < -0.39 is 0 Å². The molecule has 0 aliphatic heterocycles. The smallest absolute Gasteiger partial charge is 0.183 e. The first kappa shape index (κ1) is 7.93. The molecule has 6 heteroatoms. The van der Waals surface area contributed by atoms with Crippen molar-refractivity contribution in [2.45, 2.75) is 0 Å². The third-order valence-electron chi connectivity index (χ3n) is 1.58. The van der Waals surface area contributed by atoms with Crippen molar-refractivity contribution in [1.82, 2.24) is 14.7 Å². The third kappa shape index (κ3) is 1.20. The van der Waals surface area contributed by atoms with Crippen LogP contribution in [0.3, 0.4) is 0 Å². The Kier molecular flexibility index (Phi) is 1.82. The van der Waals surface area contributed by atoms with Crippen LogP contribution >= 0.6 is 12.2 Å². The Bertz CT molecular complexity index is 468. The lowest BCUT2D eigenvalue weighted by Crippen LogP contribution is -1.98. The predicted molar refractivity (Wildman–Crippen MR) is 46.4 cm³/mol. The van der Waals surface area contributed by atoms with Gasteiger partial charge in [0, 0.05) is 12.3 Å². The highest BCUT2D eigenvalue weighted by Crippen LogP contribution is 2.08. The molecule has 0 saturated carbocycles. The summed E-state index contributed by atoms with van der Waals surface area (Å²) >= 11 is 4.95. The molecule has 0 radical (unpaired) electrons. The van der Waals surface area contributed by atoms with Gasteiger partial charge in [-0.25, -0.2) is 0 Å². The number of nitrogens with zero attached hydrogens (tertiary/aromatic N) is 2. The summed E-state index contributed by atoms with van der Waals surface area (Å²) in [5.74, 6) is 0.494. The number of aromatic nitrogens is 3. The summed E-state index contributed by atoms with van der Waals surface area (Å²) in [7, 11) is 0. The fraction of sp³-hybridized carbons (Fsp3) is 0. The van der Waals surface area contributed by atoms with Crippen LogP contribution in [0.15, 0.2) is 23.0 Å². The van der Waals surface area contributed by atoms with Crippen molar-refractivity contribution in [3.63, 3.8) is 0 Å². The summed E-state index contributed by atoms with van der Waals surface area (Å²) in [6.45, 7) is 0. The van der Waals surface area contributed by atoms with E-state index >= 15 is 0 Å². The zero-order chi connectivity index (χ0) is 9.26. The van der Waals surface area contributed by atoms with Crippen LogP contribution in [0.5, 0.6) is 0 Å². The molecule has 2 aromatic heterocycles. The van der Waals surface area contributed by atoms with Gasteiger partial charge in [-0.05, 0) is 12.2 Å². The third-order valence-corrected chi connectivity index (χ3v) is 1.88. The van der Waals surface area contributed by atoms with Crippen LogP contribution in [0.25, 0.3) is 5.82 Å². The SMILES string of the molecule is O=Cc1c[nH]c(=S)n1-c1ccon1. The maximum Gasteiger partial charge on any atom is 0.183 e. The second kappa shape index (κ2) is 2.98. The van der Waals surface area contributed by atoms with E-state index in [4.69, 9.17) is 12.2 Å². The van der Waals surface area contributed by atoms with Gasteiger partial charge in [0.25, 0.3) is 0 Å². The number of hydrogen-bond acceptors (Lipinski definition) is 4. The van der Waals surface area contributed by atoms with E-state index in [2.05, 4.69) is 14.7 Å². The summed E-state index contributed by atoms with van der Waals surface area (Å²) in [4.78, 5) is 13.3. The fourth-order valence-electron chi connectivity index (χ4n) is 1.03. The standard InChI is InChI=1S/C7H5N3O2S/c11-4-5-3-8-7(13)10(5)6-1-2-12-9-6/h1-4H,(H,8,13). The summed E-state index contributed by atoms with van der Waals surface area (Å²) in [5, 5.41) is 3.67. The van der Waals surface area contributed by atoms with Crippen molar-refractivity contribution in [1.29, 1.82) is 0 Å². The maximum absolute atomic E-state index is 10.6. The van der Waals surface area contributed by atoms with Gasteiger partial charge in [-0.1, -0.05) is 5.16 Å². The zero-order valence-corrected chi connectivity index (χ0v) is 7.25. The number of imidazole rings is 1. The predicted octanol–water partition coefficient (Wildman–Crippen LogP) is 1.34.